The van der Waals surface area contributed by atoms with Gasteiger partial charge in [-0.25, -0.2) is 4.98 Å². The normalized spacial score (nSPS) is 18.6. The number of aromatic nitrogens is 1. The molecule has 0 bridgehead atoms. The highest BCUT2D eigenvalue weighted by molar-refractivity contribution is 5.45. The molecular weight excluding hydrogens is 260 g/mol. The van der Waals surface area contributed by atoms with Crippen LogP contribution in [-0.2, 0) is 5.41 Å². The van der Waals surface area contributed by atoms with Gasteiger partial charge in [0.1, 0.15) is 5.82 Å². The fraction of sp³-hybridized carbons (Fsp3) is 0.389. The van der Waals surface area contributed by atoms with Crippen molar-refractivity contribution in [2.24, 2.45) is 0 Å². The number of aliphatic hydroxyl groups is 1. The molecule has 0 radical (unpaired) electrons. The summed E-state index contributed by atoms with van der Waals surface area (Å²) in [4.78, 5) is 4.21. The molecule has 1 aromatic heterocycles. The van der Waals surface area contributed by atoms with Crippen molar-refractivity contribution in [1.82, 2.24) is 4.98 Å². The molecule has 3 N–H and O–H groups in total. The van der Waals surface area contributed by atoms with E-state index in [1.807, 2.05) is 31.2 Å². The molecule has 2 aromatic rings. The summed E-state index contributed by atoms with van der Waals surface area (Å²) in [7, 11) is 0. The first-order chi connectivity index (χ1) is 10.1. The van der Waals surface area contributed by atoms with Gasteiger partial charge in [0.15, 0.2) is 0 Å². The Kier molecular flexibility index (Phi) is 3.68. The standard InChI is InChI=1S/C18H22N2O/c1-13-11-15(17(19)20-12-13)16(21)18(9-5-6-10-18)14-7-3-2-4-8-14/h2-4,7-8,11-12,16,21H,5-6,9-10H2,1H3,(H2,19,20). The first kappa shape index (κ1) is 14.1. The van der Waals surface area contributed by atoms with E-state index in [4.69, 9.17) is 5.73 Å². The van der Waals surface area contributed by atoms with Crippen LogP contribution in [0.3, 0.4) is 0 Å². The lowest BCUT2D eigenvalue weighted by Crippen LogP contribution is -2.31. The molecule has 3 heteroatoms. The molecule has 3 rings (SSSR count). The van der Waals surface area contributed by atoms with Gasteiger partial charge in [0.2, 0.25) is 0 Å². The fourth-order valence-electron chi connectivity index (χ4n) is 3.62. The van der Waals surface area contributed by atoms with Gasteiger partial charge < -0.3 is 10.8 Å². The van der Waals surface area contributed by atoms with Crippen molar-refractivity contribution >= 4 is 5.82 Å². The molecule has 1 heterocycles. The molecule has 3 nitrogen and oxygen atoms in total. The Bertz CT molecular complexity index is 618. The van der Waals surface area contributed by atoms with E-state index in [0.29, 0.717) is 5.82 Å². The number of anilines is 1. The number of aryl methyl sites for hydroxylation is 1. The third kappa shape index (κ3) is 2.42. The van der Waals surface area contributed by atoms with Crippen LogP contribution in [0, 0.1) is 6.92 Å². The Morgan fingerprint density at radius 3 is 2.52 bits per heavy atom. The number of benzene rings is 1. The molecule has 0 amide bonds. The average molecular weight is 282 g/mol. The number of pyridine rings is 1. The SMILES string of the molecule is Cc1cnc(N)c(C(O)C2(c3ccccc3)CCCC2)c1. The second-order valence-electron chi connectivity index (χ2n) is 6.12. The van der Waals surface area contributed by atoms with Gasteiger partial charge in [0, 0.05) is 17.2 Å². The first-order valence-electron chi connectivity index (χ1n) is 7.59. The quantitative estimate of drug-likeness (QED) is 0.905. The van der Waals surface area contributed by atoms with Crippen molar-refractivity contribution in [3.63, 3.8) is 0 Å². The Hall–Kier alpha value is -1.87. The summed E-state index contributed by atoms with van der Waals surface area (Å²) in [5.41, 5.74) is 8.79. The minimum atomic E-state index is -0.602. The maximum absolute atomic E-state index is 11.1. The van der Waals surface area contributed by atoms with E-state index >= 15 is 0 Å². The number of rotatable bonds is 3. The minimum absolute atomic E-state index is 0.231. The van der Waals surface area contributed by atoms with Crippen LogP contribution in [0.5, 0.6) is 0 Å². The van der Waals surface area contributed by atoms with E-state index in [2.05, 4.69) is 17.1 Å². The molecule has 0 aliphatic heterocycles. The first-order valence-corrected chi connectivity index (χ1v) is 7.59. The summed E-state index contributed by atoms with van der Waals surface area (Å²) in [5.74, 6) is 0.440. The largest absolute Gasteiger partial charge is 0.387 e. The monoisotopic (exact) mass is 282 g/mol. The van der Waals surface area contributed by atoms with Crippen molar-refractivity contribution < 1.29 is 5.11 Å². The van der Waals surface area contributed by atoms with Crippen LogP contribution in [0.4, 0.5) is 5.82 Å². The summed E-state index contributed by atoms with van der Waals surface area (Å²) in [6.45, 7) is 1.98. The number of aliphatic hydroxyl groups excluding tert-OH is 1. The van der Waals surface area contributed by atoms with Crippen LogP contribution in [0.25, 0.3) is 0 Å². The topological polar surface area (TPSA) is 59.1 Å². The minimum Gasteiger partial charge on any atom is -0.387 e. The zero-order valence-electron chi connectivity index (χ0n) is 12.4. The van der Waals surface area contributed by atoms with Gasteiger partial charge >= 0.3 is 0 Å². The summed E-state index contributed by atoms with van der Waals surface area (Å²) in [6.07, 6.45) is 5.41. The van der Waals surface area contributed by atoms with Crippen molar-refractivity contribution in [1.29, 1.82) is 0 Å². The highest BCUT2D eigenvalue weighted by Crippen LogP contribution is 2.50. The third-order valence-corrected chi connectivity index (χ3v) is 4.75. The zero-order valence-corrected chi connectivity index (χ0v) is 12.4. The van der Waals surface area contributed by atoms with Crippen molar-refractivity contribution in [3.8, 4) is 0 Å². The maximum atomic E-state index is 11.1. The van der Waals surface area contributed by atoms with Gasteiger partial charge in [-0.3, -0.25) is 0 Å². The van der Waals surface area contributed by atoms with Crippen LogP contribution < -0.4 is 5.73 Å². The van der Waals surface area contributed by atoms with Crippen LogP contribution in [-0.4, -0.2) is 10.1 Å². The average Bonchev–Trinajstić information content (AvgIpc) is 3.01. The van der Waals surface area contributed by atoms with Crippen LogP contribution in [0.15, 0.2) is 42.6 Å². The summed E-state index contributed by atoms with van der Waals surface area (Å²) in [6, 6.07) is 12.3. The maximum Gasteiger partial charge on any atom is 0.129 e. The van der Waals surface area contributed by atoms with E-state index < -0.39 is 6.10 Å². The summed E-state index contributed by atoms with van der Waals surface area (Å²) >= 11 is 0. The third-order valence-electron chi connectivity index (χ3n) is 4.75. The van der Waals surface area contributed by atoms with Crippen LogP contribution >= 0.6 is 0 Å². The van der Waals surface area contributed by atoms with Gasteiger partial charge in [-0.15, -0.1) is 0 Å². The second kappa shape index (κ2) is 5.49. The number of nitrogens with two attached hydrogens (primary N) is 1. The Labute approximate surface area is 125 Å². The van der Waals surface area contributed by atoms with Gasteiger partial charge in [-0.05, 0) is 37.0 Å². The van der Waals surface area contributed by atoms with Crippen molar-refractivity contribution in [2.75, 3.05) is 5.73 Å². The highest BCUT2D eigenvalue weighted by atomic mass is 16.3. The number of nitrogens with zero attached hydrogens (tertiary/aromatic N) is 1. The molecule has 110 valence electrons. The Morgan fingerprint density at radius 2 is 1.86 bits per heavy atom. The summed E-state index contributed by atoms with van der Waals surface area (Å²) in [5, 5.41) is 11.1. The number of nitrogen functional groups attached to an aromatic ring is 1. The molecule has 1 aliphatic carbocycles. The molecule has 21 heavy (non-hydrogen) atoms. The smallest absolute Gasteiger partial charge is 0.129 e. The molecule has 1 aromatic carbocycles. The highest BCUT2D eigenvalue weighted by Gasteiger charge is 2.43. The second-order valence-corrected chi connectivity index (χ2v) is 6.12. The Balaban J connectivity index is 2.07. The molecule has 1 atom stereocenters. The molecule has 1 aliphatic rings. The number of hydrogen-bond donors (Lipinski definition) is 2. The predicted octanol–water partition coefficient (Wildman–Crippen LogP) is 3.52. The van der Waals surface area contributed by atoms with E-state index in [-0.39, 0.29) is 5.41 Å². The summed E-state index contributed by atoms with van der Waals surface area (Å²) < 4.78 is 0. The fourth-order valence-corrected chi connectivity index (χ4v) is 3.62. The van der Waals surface area contributed by atoms with Crippen LogP contribution in [0.2, 0.25) is 0 Å². The molecule has 0 spiro atoms. The lowest BCUT2D eigenvalue weighted by atomic mass is 9.72. The predicted molar refractivity (Wildman–Crippen MR) is 84.9 cm³/mol. The van der Waals surface area contributed by atoms with Crippen LogP contribution in [0.1, 0.15) is 48.5 Å². The van der Waals surface area contributed by atoms with E-state index in [0.717, 1.165) is 36.8 Å². The molecule has 1 unspecified atom stereocenters. The van der Waals surface area contributed by atoms with Gasteiger partial charge in [0.05, 0.1) is 6.10 Å². The number of hydrogen-bond acceptors (Lipinski definition) is 3. The van der Waals surface area contributed by atoms with E-state index in [9.17, 15) is 5.11 Å². The molecule has 0 saturated heterocycles. The van der Waals surface area contributed by atoms with Crippen molar-refractivity contribution in [2.45, 2.75) is 44.1 Å². The molecule has 1 fully saturated rings. The lowest BCUT2D eigenvalue weighted by molar-refractivity contribution is 0.0826. The zero-order chi connectivity index (χ0) is 14.9. The molecule has 1 saturated carbocycles. The van der Waals surface area contributed by atoms with Gasteiger partial charge in [-0.2, -0.15) is 0 Å². The van der Waals surface area contributed by atoms with Crippen molar-refractivity contribution in [3.05, 3.63) is 59.3 Å². The van der Waals surface area contributed by atoms with E-state index in [1.165, 1.54) is 5.56 Å². The van der Waals surface area contributed by atoms with Gasteiger partial charge in [0.25, 0.3) is 0 Å². The molecular formula is C18H22N2O. The lowest BCUT2D eigenvalue weighted by Gasteiger charge is -2.35. The van der Waals surface area contributed by atoms with Gasteiger partial charge in [-0.1, -0.05) is 43.2 Å². The Morgan fingerprint density at radius 1 is 1.19 bits per heavy atom. The van der Waals surface area contributed by atoms with E-state index in [1.54, 1.807) is 6.20 Å².